The molecule has 5 nitrogen and oxygen atoms in total. The Hall–Kier alpha value is -2.69. The standard InChI is InChI=1S/C17H16O5/c18-14-5-1-3-12(17(14)20)9-16(19)22-13-7-6-11-4-2-8-21-15(11)10-13/h1,3,5-7,10,18,20H,2,4,8-9H2. The van der Waals surface area contributed by atoms with Crippen molar-refractivity contribution < 1.29 is 24.5 Å². The van der Waals surface area contributed by atoms with Gasteiger partial charge >= 0.3 is 5.97 Å². The smallest absolute Gasteiger partial charge is 0.315 e. The lowest BCUT2D eigenvalue weighted by Crippen LogP contribution is -2.12. The summed E-state index contributed by atoms with van der Waals surface area (Å²) in [5.74, 6) is 0.0828. The van der Waals surface area contributed by atoms with Crippen LogP contribution in [-0.4, -0.2) is 22.8 Å². The van der Waals surface area contributed by atoms with Crippen LogP contribution in [0, 0.1) is 0 Å². The quantitative estimate of drug-likeness (QED) is 0.517. The van der Waals surface area contributed by atoms with Crippen LogP contribution >= 0.6 is 0 Å². The van der Waals surface area contributed by atoms with Crippen LogP contribution in [0.3, 0.4) is 0 Å². The molecule has 0 radical (unpaired) electrons. The van der Waals surface area contributed by atoms with Gasteiger partial charge in [-0.25, -0.2) is 0 Å². The largest absolute Gasteiger partial charge is 0.504 e. The maximum Gasteiger partial charge on any atom is 0.315 e. The molecule has 0 atom stereocenters. The number of rotatable bonds is 3. The summed E-state index contributed by atoms with van der Waals surface area (Å²) in [6.45, 7) is 0.668. The van der Waals surface area contributed by atoms with Crippen LogP contribution in [0.1, 0.15) is 17.5 Å². The number of fused-ring (bicyclic) bond motifs is 1. The molecule has 114 valence electrons. The second-order valence-corrected chi connectivity index (χ2v) is 5.16. The van der Waals surface area contributed by atoms with E-state index in [1.54, 1.807) is 24.3 Å². The van der Waals surface area contributed by atoms with Crippen LogP contribution in [-0.2, 0) is 17.6 Å². The highest BCUT2D eigenvalue weighted by Gasteiger charge is 2.15. The Morgan fingerprint density at radius 3 is 2.95 bits per heavy atom. The summed E-state index contributed by atoms with van der Waals surface area (Å²) in [7, 11) is 0. The molecule has 22 heavy (non-hydrogen) atoms. The number of aryl methyl sites for hydroxylation is 1. The van der Waals surface area contributed by atoms with Gasteiger partial charge in [-0.3, -0.25) is 4.79 Å². The van der Waals surface area contributed by atoms with Gasteiger partial charge in [-0.15, -0.1) is 0 Å². The van der Waals surface area contributed by atoms with E-state index >= 15 is 0 Å². The summed E-state index contributed by atoms with van der Waals surface area (Å²) in [6, 6.07) is 9.80. The van der Waals surface area contributed by atoms with Crippen molar-refractivity contribution in [3.63, 3.8) is 0 Å². The van der Waals surface area contributed by atoms with E-state index in [1.807, 2.05) is 6.07 Å². The van der Waals surface area contributed by atoms with E-state index in [-0.39, 0.29) is 17.9 Å². The molecule has 5 heteroatoms. The maximum atomic E-state index is 12.0. The highest BCUT2D eigenvalue weighted by Crippen LogP contribution is 2.30. The normalized spacial score (nSPS) is 13.1. The number of hydrogen-bond donors (Lipinski definition) is 2. The Balaban J connectivity index is 1.70. The molecule has 0 saturated carbocycles. The molecule has 0 bridgehead atoms. The zero-order chi connectivity index (χ0) is 15.5. The summed E-state index contributed by atoms with van der Waals surface area (Å²) in [4.78, 5) is 12.0. The lowest BCUT2D eigenvalue weighted by molar-refractivity contribution is -0.133. The predicted octanol–water partition coefficient (Wildman–Crippen LogP) is 2.57. The van der Waals surface area contributed by atoms with Gasteiger partial charge in [0.2, 0.25) is 0 Å². The second kappa shape index (κ2) is 5.97. The van der Waals surface area contributed by atoms with Gasteiger partial charge in [0.15, 0.2) is 11.5 Å². The molecule has 0 fully saturated rings. The number of benzene rings is 2. The first kappa shape index (κ1) is 14.3. The first-order chi connectivity index (χ1) is 10.6. The molecule has 2 aromatic carbocycles. The number of aromatic hydroxyl groups is 2. The van der Waals surface area contributed by atoms with Gasteiger partial charge in [0.25, 0.3) is 0 Å². The molecule has 0 spiro atoms. The summed E-state index contributed by atoms with van der Waals surface area (Å²) in [5, 5.41) is 19.1. The monoisotopic (exact) mass is 300 g/mol. The fourth-order valence-corrected chi connectivity index (χ4v) is 2.43. The summed E-state index contributed by atoms with van der Waals surface area (Å²) >= 11 is 0. The van der Waals surface area contributed by atoms with Crippen LogP contribution in [0.5, 0.6) is 23.0 Å². The first-order valence-corrected chi connectivity index (χ1v) is 7.10. The Morgan fingerprint density at radius 1 is 1.23 bits per heavy atom. The van der Waals surface area contributed by atoms with Gasteiger partial charge in [0.05, 0.1) is 13.0 Å². The van der Waals surface area contributed by atoms with Crippen molar-refractivity contribution in [2.45, 2.75) is 19.3 Å². The van der Waals surface area contributed by atoms with Gasteiger partial charge in [-0.1, -0.05) is 18.2 Å². The molecule has 1 heterocycles. The fourth-order valence-electron chi connectivity index (χ4n) is 2.43. The van der Waals surface area contributed by atoms with E-state index in [9.17, 15) is 15.0 Å². The molecule has 3 rings (SSSR count). The van der Waals surface area contributed by atoms with Crippen molar-refractivity contribution in [1.82, 2.24) is 0 Å². The molecule has 2 N–H and O–H groups in total. The molecule has 0 saturated heterocycles. The third kappa shape index (κ3) is 2.98. The minimum absolute atomic E-state index is 0.127. The number of phenolic OH excluding ortho intramolecular Hbond substituents is 2. The number of carbonyl (C=O) groups excluding carboxylic acids is 1. The lowest BCUT2D eigenvalue weighted by atomic mass is 10.1. The van der Waals surface area contributed by atoms with Crippen molar-refractivity contribution in [3.05, 3.63) is 47.5 Å². The molecule has 0 aromatic heterocycles. The topological polar surface area (TPSA) is 76.0 Å². The SMILES string of the molecule is O=C(Cc1cccc(O)c1O)Oc1ccc2c(c1)OCCC2. The van der Waals surface area contributed by atoms with Crippen LogP contribution < -0.4 is 9.47 Å². The van der Waals surface area contributed by atoms with Crippen molar-refractivity contribution in [3.8, 4) is 23.0 Å². The second-order valence-electron chi connectivity index (χ2n) is 5.16. The summed E-state index contributed by atoms with van der Waals surface area (Å²) < 4.78 is 10.8. The highest BCUT2D eigenvalue weighted by molar-refractivity contribution is 5.76. The molecule has 0 amide bonds. The van der Waals surface area contributed by atoms with Gasteiger partial charge < -0.3 is 19.7 Å². The van der Waals surface area contributed by atoms with Gasteiger partial charge in [0.1, 0.15) is 11.5 Å². The minimum atomic E-state index is -0.517. The number of esters is 1. The Morgan fingerprint density at radius 2 is 2.09 bits per heavy atom. The number of carbonyl (C=O) groups is 1. The molecular weight excluding hydrogens is 284 g/mol. The lowest BCUT2D eigenvalue weighted by Gasteiger charge is -2.17. The first-order valence-electron chi connectivity index (χ1n) is 7.10. The van der Waals surface area contributed by atoms with Crippen LogP contribution in [0.15, 0.2) is 36.4 Å². The van der Waals surface area contributed by atoms with E-state index in [2.05, 4.69) is 0 Å². The van der Waals surface area contributed by atoms with Gasteiger partial charge in [-0.05, 0) is 30.5 Å². The molecule has 0 unspecified atom stereocenters. The van der Waals surface area contributed by atoms with Gasteiger partial charge in [-0.2, -0.15) is 0 Å². The third-order valence-corrected chi connectivity index (χ3v) is 3.55. The molecule has 1 aliphatic rings. The van der Waals surface area contributed by atoms with Crippen LogP contribution in [0.2, 0.25) is 0 Å². The van der Waals surface area contributed by atoms with E-state index < -0.39 is 5.97 Å². The number of ether oxygens (including phenoxy) is 2. The Bertz CT molecular complexity index is 708. The van der Waals surface area contributed by atoms with E-state index in [0.717, 1.165) is 24.2 Å². The molecule has 1 aliphatic heterocycles. The highest BCUT2D eigenvalue weighted by atomic mass is 16.5. The molecule has 0 aliphatic carbocycles. The number of hydrogen-bond acceptors (Lipinski definition) is 5. The summed E-state index contributed by atoms with van der Waals surface area (Å²) in [6.07, 6.45) is 1.82. The Labute approximate surface area is 127 Å². The van der Waals surface area contributed by atoms with Gasteiger partial charge in [0, 0.05) is 11.6 Å². The zero-order valence-electron chi connectivity index (χ0n) is 11.9. The number of para-hydroxylation sites is 1. The number of phenols is 2. The minimum Gasteiger partial charge on any atom is -0.504 e. The molecular formula is C17H16O5. The maximum absolute atomic E-state index is 12.0. The fraction of sp³-hybridized carbons (Fsp3) is 0.235. The van der Waals surface area contributed by atoms with Crippen molar-refractivity contribution >= 4 is 5.97 Å². The van der Waals surface area contributed by atoms with E-state index in [0.29, 0.717) is 17.9 Å². The predicted molar refractivity (Wildman–Crippen MR) is 79.4 cm³/mol. The van der Waals surface area contributed by atoms with Crippen molar-refractivity contribution in [1.29, 1.82) is 0 Å². The third-order valence-electron chi connectivity index (χ3n) is 3.55. The Kier molecular flexibility index (Phi) is 3.87. The van der Waals surface area contributed by atoms with Crippen LogP contribution in [0.25, 0.3) is 0 Å². The molecule has 2 aromatic rings. The average molecular weight is 300 g/mol. The summed E-state index contributed by atoms with van der Waals surface area (Å²) in [5.41, 5.74) is 1.43. The van der Waals surface area contributed by atoms with E-state index in [4.69, 9.17) is 9.47 Å². The van der Waals surface area contributed by atoms with E-state index in [1.165, 1.54) is 6.07 Å². The van der Waals surface area contributed by atoms with Crippen molar-refractivity contribution in [2.75, 3.05) is 6.61 Å². The zero-order valence-corrected chi connectivity index (χ0v) is 11.9. The van der Waals surface area contributed by atoms with Crippen molar-refractivity contribution in [2.24, 2.45) is 0 Å². The van der Waals surface area contributed by atoms with Crippen LogP contribution in [0.4, 0.5) is 0 Å². The average Bonchev–Trinajstić information content (AvgIpc) is 2.52.